The van der Waals surface area contributed by atoms with E-state index in [2.05, 4.69) is 107 Å². The van der Waals surface area contributed by atoms with Crippen LogP contribution in [0.25, 0.3) is 27.5 Å². The summed E-state index contributed by atoms with van der Waals surface area (Å²) in [5.74, 6) is 0. The topological polar surface area (TPSA) is 0 Å². The first-order valence-electron chi connectivity index (χ1n) is 10.6. The summed E-state index contributed by atoms with van der Waals surface area (Å²) in [6, 6.07) is 29.3. The zero-order valence-corrected chi connectivity index (χ0v) is 18.0. The average molecular weight is 447 g/mol. The van der Waals surface area contributed by atoms with Crippen LogP contribution in [0.3, 0.4) is 0 Å². The number of benzene rings is 4. The third-order valence-corrected chi connectivity index (χ3v) is 7.89. The molecule has 7 rings (SSSR count). The molecule has 0 amide bonds. The fraction of sp³-hybridized carbons (Fsp3) is 0.103. The van der Waals surface area contributed by atoms with Crippen molar-refractivity contribution in [2.24, 2.45) is 0 Å². The summed E-state index contributed by atoms with van der Waals surface area (Å²) in [7, 11) is 0. The van der Waals surface area contributed by atoms with E-state index in [0.29, 0.717) is 0 Å². The van der Waals surface area contributed by atoms with Gasteiger partial charge in [-0.15, -0.1) is 0 Å². The van der Waals surface area contributed by atoms with Gasteiger partial charge in [0.05, 0.1) is 5.41 Å². The van der Waals surface area contributed by atoms with E-state index < -0.39 is 0 Å². The highest BCUT2D eigenvalue weighted by atomic mass is 79.9. The average Bonchev–Trinajstić information content (AvgIpc) is 3.27. The fourth-order valence-corrected chi connectivity index (χ4v) is 6.77. The van der Waals surface area contributed by atoms with Crippen LogP contribution in [-0.2, 0) is 5.41 Å². The van der Waals surface area contributed by atoms with Gasteiger partial charge in [0.15, 0.2) is 0 Å². The second kappa shape index (κ2) is 5.83. The molecule has 0 saturated heterocycles. The van der Waals surface area contributed by atoms with E-state index in [1.54, 1.807) is 0 Å². The molecule has 1 atom stereocenters. The summed E-state index contributed by atoms with van der Waals surface area (Å²) in [5, 5.41) is 2.71. The van der Waals surface area contributed by atoms with E-state index in [-0.39, 0.29) is 5.41 Å². The predicted octanol–water partition coefficient (Wildman–Crippen LogP) is 8.03. The van der Waals surface area contributed by atoms with Gasteiger partial charge >= 0.3 is 0 Å². The largest absolute Gasteiger partial charge is 0.0839 e. The Morgan fingerprint density at radius 1 is 0.700 bits per heavy atom. The highest BCUT2D eigenvalue weighted by Gasteiger charge is 2.53. The van der Waals surface area contributed by atoms with Crippen LogP contribution < -0.4 is 0 Å². The molecule has 0 radical (unpaired) electrons. The van der Waals surface area contributed by atoms with Crippen molar-refractivity contribution >= 4 is 32.3 Å². The third-order valence-electron chi connectivity index (χ3n) is 7.23. The minimum Gasteiger partial charge on any atom is -0.0839 e. The Balaban J connectivity index is 1.73. The molecule has 0 aliphatic heterocycles. The molecule has 142 valence electrons. The Morgan fingerprint density at radius 2 is 1.50 bits per heavy atom. The van der Waals surface area contributed by atoms with Crippen molar-refractivity contribution in [1.82, 2.24) is 0 Å². The number of hydrogen-bond acceptors (Lipinski definition) is 0. The molecule has 1 spiro atoms. The lowest BCUT2D eigenvalue weighted by molar-refractivity contribution is 0.781. The van der Waals surface area contributed by atoms with Crippen LogP contribution in [0.5, 0.6) is 0 Å². The van der Waals surface area contributed by atoms with E-state index in [4.69, 9.17) is 0 Å². The van der Waals surface area contributed by atoms with Crippen molar-refractivity contribution in [3.8, 4) is 11.1 Å². The summed E-state index contributed by atoms with van der Waals surface area (Å²) < 4.78 is 1.18. The molecule has 4 aromatic rings. The second-order valence-corrected chi connectivity index (χ2v) is 9.35. The molecule has 0 saturated carbocycles. The summed E-state index contributed by atoms with van der Waals surface area (Å²) in [6.07, 6.45) is 7.01. The maximum atomic E-state index is 3.88. The minimum absolute atomic E-state index is 0.221. The lowest BCUT2D eigenvalue weighted by Gasteiger charge is -2.32. The van der Waals surface area contributed by atoms with Crippen LogP contribution in [0.4, 0.5) is 0 Å². The Bertz CT molecular complexity index is 1450. The van der Waals surface area contributed by atoms with Gasteiger partial charge in [-0.1, -0.05) is 101 Å². The summed E-state index contributed by atoms with van der Waals surface area (Å²) in [5.41, 5.74) is 11.2. The molecule has 3 aliphatic carbocycles. The number of rotatable bonds is 0. The molecule has 0 heterocycles. The molecule has 0 aromatic heterocycles. The van der Waals surface area contributed by atoms with E-state index >= 15 is 0 Å². The van der Waals surface area contributed by atoms with Gasteiger partial charge in [0, 0.05) is 10.0 Å². The second-order valence-electron chi connectivity index (χ2n) is 8.50. The quantitative estimate of drug-likeness (QED) is 0.256. The molecule has 0 bridgehead atoms. The predicted molar refractivity (Wildman–Crippen MR) is 129 cm³/mol. The fourth-order valence-electron chi connectivity index (χ4n) is 6.19. The van der Waals surface area contributed by atoms with Crippen molar-refractivity contribution in [3.63, 3.8) is 0 Å². The number of fused-ring (bicyclic) bond motifs is 11. The van der Waals surface area contributed by atoms with E-state index in [1.807, 2.05) is 0 Å². The normalized spacial score (nSPS) is 20.4. The Hall–Kier alpha value is -2.90. The molecule has 3 aliphatic rings. The smallest absolute Gasteiger partial charge is 0.0722 e. The van der Waals surface area contributed by atoms with Gasteiger partial charge in [-0.25, -0.2) is 0 Å². The SMILES string of the molecule is Brc1cccc2c1-c1ccccc1C21C2=C(CCC=C2)c2c1ccc1ccccc21. The molecule has 0 nitrogen and oxygen atoms in total. The maximum Gasteiger partial charge on any atom is 0.0722 e. The molecule has 1 unspecified atom stereocenters. The van der Waals surface area contributed by atoms with Crippen molar-refractivity contribution < 1.29 is 0 Å². The first kappa shape index (κ1) is 16.8. The van der Waals surface area contributed by atoms with E-state index in [1.165, 1.54) is 59.8 Å². The maximum absolute atomic E-state index is 3.88. The third kappa shape index (κ3) is 1.84. The molecule has 1 heteroatoms. The highest BCUT2D eigenvalue weighted by Crippen LogP contribution is 2.64. The van der Waals surface area contributed by atoms with Crippen LogP contribution in [0.2, 0.25) is 0 Å². The van der Waals surface area contributed by atoms with Crippen molar-refractivity contribution in [2.75, 3.05) is 0 Å². The molecule has 0 N–H and O–H groups in total. The first-order chi connectivity index (χ1) is 14.8. The first-order valence-corrected chi connectivity index (χ1v) is 11.4. The van der Waals surface area contributed by atoms with Gasteiger partial charge in [-0.05, 0) is 68.6 Å². The zero-order chi connectivity index (χ0) is 19.9. The lowest BCUT2D eigenvalue weighted by Crippen LogP contribution is -2.27. The summed E-state index contributed by atoms with van der Waals surface area (Å²) in [6.45, 7) is 0. The highest BCUT2D eigenvalue weighted by molar-refractivity contribution is 9.10. The molecule has 0 fully saturated rings. The number of hydrogen-bond donors (Lipinski definition) is 0. The van der Waals surface area contributed by atoms with Gasteiger partial charge in [-0.3, -0.25) is 0 Å². The van der Waals surface area contributed by atoms with E-state index in [0.717, 1.165) is 12.8 Å². The number of halogens is 1. The van der Waals surface area contributed by atoms with Gasteiger partial charge in [0.25, 0.3) is 0 Å². The summed E-state index contributed by atoms with van der Waals surface area (Å²) >= 11 is 3.88. The Kier molecular flexibility index (Phi) is 3.28. The van der Waals surface area contributed by atoms with Gasteiger partial charge in [0.2, 0.25) is 0 Å². The number of allylic oxidation sites excluding steroid dienone is 4. The molecular formula is C29H19Br. The van der Waals surface area contributed by atoms with Crippen LogP contribution >= 0.6 is 15.9 Å². The van der Waals surface area contributed by atoms with Crippen molar-refractivity contribution in [3.05, 3.63) is 123 Å². The molecular weight excluding hydrogens is 428 g/mol. The van der Waals surface area contributed by atoms with Crippen molar-refractivity contribution in [1.29, 1.82) is 0 Å². The van der Waals surface area contributed by atoms with Crippen LogP contribution in [-0.4, -0.2) is 0 Å². The minimum atomic E-state index is -0.221. The Morgan fingerprint density at radius 3 is 2.47 bits per heavy atom. The Labute approximate surface area is 184 Å². The van der Waals surface area contributed by atoms with Crippen molar-refractivity contribution in [2.45, 2.75) is 18.3 Å². The van der Waals surface area contributed by atoms with Crippen LogP contribution in [0.1, 0.15) is 35.1 Å². The standard InChI is InChI=1S/C29H19Br/c30-26-15-7-14-24-28(26)21-11-4-6-13-23(21)29(24)22-12-5-3-10-20(22)27-19-9-2-1-8-18(19)16-17-25(27)29/h1-2,4-9,11-17H,3,10H2. The monoisotopic (exact) mass is 446 g/mol. The molecule has 30 heavy (non-hydrogen) atoms. The van der Waals surface area contributed by atoms with E-state index in [9.17, 15) is 0 Å². The molecule has 4 aromatic carbocycles. The van der Waals surface area contributed by atoms with Gasteiger partial charge in [0.1, 0.15) is 0 Å². The van der Waals surface area contributed by atoms with Gasteiger partial charge < -0.3 is 0 Å². The summed E-state index contributed by atoms with van der Waals surface area (Å²) in [4.78, 5) is 0. The zero-order valence-electron chi connectivity index (χ0n) is 16.5. The van der Waals surface area contributed by atoms with Gasteiger partial charge in [-0.2, -0.15) is 0 Å². The van der Waals surface area contributed by atoms with Crippen LogP contribution in [0, 0.1) is 0 Å². The van der Waals surface area contributed by atoms with Crippen LogP contribution in [0.15, 0.2) is 101 Å². The lowest BCUT2D eigenvalue weighted by atomic mass is 9.69.